The van der Waals surface area contributed by atoms with Crippen LogP contribution in [0.25, 0.3) is 0 Å². The van der Waals surface area contributed by atoms with E-state index in [9.17, 15) is 27.6 Å². The number of halogens is 3. The van der Waals surface area contributed by atoms with Crippen LogP contribution in [-0.4, -0.2) is 71.8 Å². The standard InChI is InChI=1S/C30H34F3N5O3S/c1-20(2)17-38(28(41)22-9-7-21(3)8-10-22)18-26(39)35-29-34-24(19-42-29)16-27(40)37-13-11-36(12-14-37)25-6-4-5-23(15-25)30(31,32)33/h4-10,15,19-20H,11-14,16-18H2,1-3H3,(H,34,35,39). The van der Waals surface area contributed by atoms with Gasteiger partial charge in [0.2, 0.25) is 11.8 Å². The summed E-state index contributed by atoms with van der Waals surface area (Å²) in [5.41, 5.74) is 1.84. The third-order valence-corrected chi connectivity index (χ3v) is 7.61. The Morgan fingerprint density at radius 1 is 1.05 bits per heavy atom. The van der Waals surface area contributed by atoms with Gasteiger partial charge in [0, 0.05) is 49.4 Å². The quantitative estimate of drug-likeness (QED) is 0.369. The summed E-state index contributed by atoms with van der Waals surface area (Å²) in [6.07, 6.45) is -4.37. The number of amides is 3. The van der Waals surface area contributed by atoms with Crippen LogP contribution in [0, 0.1) is 12.8 Å². The lowest BCUT2D eigenvalue weighted by Gasteiger charge is -2.36. The van der Waals surface area contributed by atoms with Crippen LogP contribution in [0.1, 0.15) is 41.0 Å². The molecule has 1 fully saturated rings. The molecular weight excluding hydrogens is 567 g/mol. The number of hydrogen-bond donors (Lipinski definition) is 1. The van der Waals surface area contributed by atoms with Crippen LogP contribution in [-0.2, 0) is 22.2 Å². The predicted octanol–water partition coefficient (Wildman–Crippen LogP) is 5.10. The van der Waals surface area contributed by atoms with Crippen LogP contribution in [0.4, 0.5) is 24.0 Å². The normalized spacial score (nSPS) is 13.8. The molecule has 0 spiro atoms. The number of hydrogen-bond acceptors (Lipinski definition) is 6. The van der Waals surface area contributed by atoms with Crippen LogP contribution in [0.5, 0.6) is 0 Å². The molecule has 0 radical (unpaired) electrons. The van der Waals surface area contributed by atoms with E-state index in [2.05, 4.69) is 10.3 Å². The molecule has 1 saturated heterocycles. The highest BCUT2D eigenvalue weighted by Gasteiger charge is 2.31. The number of rotatable bonds is 9. The van der Waals surface area contributed by atoms with Gasteiger partial charge in [0.05, 0.1) is 17.7 Å². The lowest BCUT2D eigenvalue weighted by molar-refractivity contribution is -0.137. The molecule has 0 atom stereocenters. The van der Waals surface area contributed by atoms with Crippen molar-refractivity contribution in [2.75, 3.05) is 49.5 Å². The van der Waals surface area contributed by atoms with Crippen LogP contribution >= 0.6 is 11.3 Å². The van der Waals surface area contributed by atoms with Crippen molar-refractivity contribution in [2.45, 2.75) is 33.4 Å². The number of nitrogens with one attached hydrogen (secondary N) is 1. The molecule has 0 aliphatic carbocycles. The number of aryl methyl sites for hydroxylation is 1. The Hall–Kier alpha value is -3.93. The highest BCUT2D eigenvalue weighted by molar-refractivity contribution is 7.13. The highest BCUT2D eigenvalue weighted by Crippen LogP contribution is 2.32. The van der Waals surface area contributed by atoms with Gasteiger partial charge < -0.3 is 20.0 Å². The maximum absolute atomic E-state index is 13.1. The summed E-state index contributed by atoms with van der Waals surface area (Å²) in [6, 6.07) is 12.4. The summed E-state index contributed by atoms with van der Waals surface area (Å²) in [5.74, 6) is -0.586. The van der Waals surface area contributed by atoms with Crippen LogP contribution in [0.3, 0.4) is 0 Å². The minimum absolute atomic E-state index is 0.0430. The van der Waals surface area contributed by atoms with Crippen molar-refractivity contribution < 1.29 is 27.6 Å². The van der Waals surface area contributed by atoms with Gasteiger partial charge in [0.25, 0.3) is 5.91 Å². The maximum Gasteiger partial charge on any atom is 0.416 e. The third kappa shape index (κ3) is 8.31. The molecule has 0 bridgehead atoms. The molecule has 0 saturated carbocycles. The molecule has 3 amide bonds. The van der Waals surface area contributed by atoms with Gasteiger partial charge >= 0.3 is 6.18 Å². The van der Waals surface area contributed by atoms with Gasteiger partial charge in [-0.3, -0.25) is 14.4 Å². The van der Waals surface area contributed by atoms with E-state index < -0.39 is 11.7 Å². The van der Waals surface area contributed by atoms with Crippen LogP contribution < -0.4 is 10.2 Å². The number of piperazine rings is 1. The number of carbonyl (C=O) groups is 3. The van der Waals surface area contributed by atoms with E-state index in [-0.39, 0.29) is 36.6 Å². The monoisotopic (exact) mass is 601 g/mol. The lowest BCUT2D eigenvalue weighted by atomic mass is 10.1. The number of aromatic nitrogens is 1. The molecule has 8 nitrogen and oxygen atoms in total. The van der Waals surface area contributed by atoms with Gasteiger partial charge in [-0.1, -0.05) is 37.6 Å². The Kier molecular flexibility index (Phi) is 9.87. The van der Waals surface area contributed by atoms with Crippen LogP contribution in [0.15, 0.2) is 53.9 Å². The first-order chi connectivity index (χ1) is 19.9. The number of anilines is 2. The fourth-order valence-electron chi connectivity index (χ4n) is 4.68. The Morgan fingerprint density at radius 3 is 2.38 bits per heavy atom. The lowest BCUT2D eigenvalue weighted by Crippen LogP contribution is -2.49. The van der Waals surface area contributed by atoms with Gasteiger partial charge in [-0.2, -0.15) is 13.2 Å². The fourth-order valence-corrected chi connectivity index (χ4v) is 5.40. The van der Waals surface area contributed by atoms with E-state index in [0.29, 0.717) is 54.8 Å². The summed E-state index contributed by atoms with van der Waals surface area (Å²) in [7, 11) is 0. The van der Waals surface area contributed by atoms with E-state index in [1.165, 1.54) is 22.3 Å². The largest absolute Gasteiger partial charge is 0.416 e. The first kappa shape index (κ1) is 31.0. The zero-order valence-corrected chi connectivity index (χ0v) is 24.6. The van der Waals surface area contributed by atoms with E-state index in [1.807, 2.05) is 37.8 Å². The molecule has 2 heterocycles. The molecule has 4 rings (SSSR count). The molecule has 1 N–H and O–H groups in total. The van der Waals surface area contributed by atoms with Crippen molar-refractivity contribution in [3.05, 3.63) is 76.3 Å². The summed E-state index contributed by atoms with van der Waals surface area (Å²) >= 11 is 1.20. The van der Waals surface area contributed by atoms with E-state index in [4.69, 9.17) is 0 Å². The molecule has 42 heavy (non-hydrogen) atoms. The van der Waals surface area contributed by atoms with Gasteiger partial charge in [0.1, 0.15) is 6.54 Å². The predicted molar refractivity (Wildman–Crippen MR) is 157 cm³/mol. The van der Waals surface area contributed by atoms with Crippen molar-refractivity contribution >= 4 is 39.9 Å². The second-order valence-electron chi connectivity index (χ2n) is 10.7. The number of alkyl halides is 3. The molecule has 2 aromatic carbocycles. The van der Waals surface area contributed by atoms with Crippen molar-refractivity contribution in [1.82, 2.24) is 14.8 Å². The Bertz CT molecular complexity index is 1400. The first-order valence-electron chi connectivity index (χ1n) is 13.7. The number of thiazole rings is 1. The first-order valence-corrected chi connectivity index (χ1v) is 14.6. The van der Waals surface area contributed by atoms with E-state index in [1.54, 1.807) is 28.5 Å². The number of nitrogens with zero attached hydrogens (tertiary/aromatic N) is 4. The minimum Gasteiger partial charge on any atom is -0.368 e. The average Bonchev–Trinajstić information content (AvgIpc) is 3.38. The summed E-state index contributed by atoms with van der Waals surface area (Å²) in [5, 5.41) is 4.78. The minimum atomic E-state index is -4.41. The second-order valence-corrected chi connectivity index (χ2v) is 11.6. The summed E-state index contributed by atoms with van der Waals surface area (Å²) in [4.78, 5) is 48.2. The summed E-state index contributed by atoms with van der Waals surface area (Å²) < 4.78 is 39.2. The Labute approximate surface area is 247 Å². The van der Waals surface area contributed by atoms with Crippen molar-refractivity contribution in [2.24, 2.45) is 5.92 Å². The van der Waals surface area contributed by atoms with Crippen LogP contribution in [0.2, 0.25) is 0 Å². The second kappa shape index (κ2) is 13.4. The molecule has 1 aliphatic heterocycles. The molecule has 12 heteroatoms. The molecule has 3 aromatic rings. The van der Waals surface area contributed by atoms with E-state index >= 15 is 0 Å². The number of carbonyl (C=O) groups excluding carboxylic acids is 3. The zero-order valence-electron chi connectivity index (χ0n) is 23.8. The van der Waals surface area contributed by atoms with Crippen molar-refractivity contribution in [1.29, 1.82) is 0 Å². The van der Waals surface area contributed by atoms with Gasteiger partial charge in [0.15, 0.2) is 5.13 Å². The van der Waals surface area contributed by atoms with E-state index in [0.717, 1.165) is 17.7 Å². The fraction of sp³-hybridized carbons (Fsp3) is 0.400. The van der Waals surface area contributed by atoms with Gasteiger partial charge in [-0.25, -0.2) is 4.98 Å². The molecule has 1 aromatic heterocycles. The molecule has 0 unspecified atom stereocenters. The molecule has 1 aliphatic rings. The third-order valence-electron chi connectivity index (χ3n) is 6.81. The van der Waals surface area contributed by atoms with Gasteiger partial charge in [-0.05, 0) is 43.2 Å². The maximum atomic E-state index is 13.1. The molecular formula is C30H34F3N5O3S. The Balaban J connectivity index is 1.29. The Morgan fingerprint density at radius 2 is 1.74 bits per heavy atom. The van der Waals surface area contributed by atoms with Crippen molar-refractivity contribution in [3.8, 4) is 0 Å². The van der Waals surface area contributed by atoms with Crippen molar-refractivity contribution in [3.63, 3.8) is 0 Å². The number of benzene rings is 2. The SMILES string of the molecule is Cc1ccc(C(=O)N(CC(=O)Nc2nc(CC(=O)N3CCN(c4cccc(C(F)(F)F)c4)CC3)cs2)CC(C)C)cc1. The summed E-state index contributed by atoms with van der Waals surface area (Å²) in [6.45, 7) is 7.76. The molecule has 224 valence electrons. The highest BCUT2D eigenvalue weighted by atomic mass is 32.1. The zero-order chi connectivity index (χ0) is 30.4. The topological polar surface area (TPSA) is 85.8 Å². The average molecular weight is 602 g/mol. The smallest absolute Gasteiger partial charge is 0.368 e. The van der Waals surface area contributed by atoms with Gasteiger partial charge in [-0.15, -0.1) is 11.3 Å².